The number of hydrogen-bond donors (Lipinski definition) is 1. The second-order valence-corrected chi connectivity index (χ2v) is 6.97. The molecule has 1 N–H and O–H groups in total. The van der Waals surface area contributed by atoms with Crippen LogP contribution in [0.1, 0.15) is 18.4 Å². The Labute approximate surface area is 156 Å². The van der Waals surface area contributed by atoms with Gasteiger partial charge in [0.05, 0.1) is 5.56 Å². The van der Waals surface area contributed by atoms with Gasteiger partial charge in [-0.05, 0) is 62.3 Å². The number of anilines is 1. The van der Waals surface area contributed by atoms with Crippen LogP contribution in [-0.2, 0) is 6.18 Å². The Balaban J connectivity index is 1.79. The van der Waals surface area contributed by atoms with Gasteiger partial charge in [-0.25, -0.2) is 0 Å². The largest absolute Gasteiger partial charge is 0.416 e. The van der Waals surface area contributed by atoms with E-state index in [1.165, 1.54) is 6.07 Å². The number of halogens is 4. The molecule has 1 aliphatic heterocycles. The standard InChI is InChI=1S/C20H20ClF3N2/c1-13(19-4-3-11-26(19)2)25-16-8-5-14(6-9-16)17-12-15(20(22,23)24)7-10-18(17)21/h5-10,12,19,25H,1,3-4,11H2,2H3. The Morgan fingerprint density at radius 1 is 1.19 bits per heavy atom. The van der Waals surface area contributed by atoms with E-state index in [4.69, 9.17) is 11.6 Å². The van der Waals surface area contributed by atoms with Gasteiger partial charge in [0.2, 0.25) is 0 Å². The van der Waals surface area contributed by atoms with Crippen molar-refractivity contribution < 1.29 is 13.2 Å². The summed E-state index contributed by atoms with van der Waals surface area (Å²) < 4.78 is 38.8. The fourth-order valence-corrected chi connectivity index (χ4v) is 3.50. The molecule has 0 saturated carbocycles. The van der Waals surface area contributed by atoms with Crippen LogP contribution in [-0.4, -0.2) is 24.5 Å². The second kappa shape index (κ2) is 7.33. The summed E-state index contributed by atoms with van der Waals surface area (Å²) in [6.07, 6.45) is -2.18. The number of likely N-dealkylation sites (N-methyl/N-ethyl adjacent to an activating group) is 1. The van der Waals surface area contributed by atoms with Crippen molar-refractivity contribution in [3.8, 4) is 11.1 Å². The fraction of sp³-hybridized carbons (Fsp3) is 0.300. The molecule has 1 unspecified atom stereocenters. The van der Waals surface area contributed by atoms with Crippen molar-refractivity contribution in [3.63, 3.8) is 0 Å². The van der Waals surface area contributed by atoms with Gasteiger partial charge in [0.25, 0.3) is 0 Å². The van der Waals surface area contributed by atoms with Crippen LogP contribution in [0.3, 0.4) is 0 Å². The van der Waals surface area contributed by atoms with Crippen LogP contribution < -0.4 is 5.32 Å². The minimum atomic E-state index is -4.40. The quantitative estimate of drug-likeness (QED) is 0.695. The van der Waals surface area contributed by atoms with Crippen LogP contribution in [0.5, 0.6) is 0 Å². The van der Waals surface area contributed by atoms with Gasteiger partial charge in [0.15, 0.2) is 0 Å². The zero-order chi connectivity index (χ0) is 18.9. The van der Waals surface area contributed by atoms with Gasteiger partial charge in [0, 0.05) is 28.0 Å². The predicted molar refractivity (Wildman–Crippen MR) is 100 cm³/mol. The monoisotopic (exact) mass is 380 g/mol. The molecule has 3 rings (SSSR count). The molecular formula is C20H20ClF3N2. The maximum Gasteiger partial charge on any atom is 0.416 e. The van der Waals surface area contributed by atoms with E-state index >= 15 is 0 Å². The Hall–Kier alpha value is -1.98. The predicted octanol–water partition coefficient (Wildman–Crippen LogP) is 6.05. The summed E-state index contributed by atoms with van der Waals surface area (Å²) in [5.74, 6) is 0. The van der Waals surface area contributed by atoms with Gasteiger partial charge in [-0.1, -0.05) is 30.3 Å². The lowest BCUT2D eigenvalue weighted by atomic mass is 10.0. The third kappa shape index (κ3) is 4.05. The van der Waals surface area contributed by atoms with Gasteiger partial charge in [-0.3, -0.25) is 4.90 Å². The van der Waals surface area contributed by atoms with Crippen LogP contribution in [0.2, 0.25) is 5.02 Å². The highest BCUT2D eigenvalue weighted by Gasteiger charge is 2.31. The molecular weight excluding hydrogens is 361 g/mol. The van der Waals surface area contributed by atoms with E-state index in [2.05, 4.69) is 23.8 Å². The number of likely N-dealkylation sites (tertiary alicyclic amines) is 1. The van der Waals surface area contributed by atoms with Crippen LogP contribution >= 0.6 is 11.6 Å². The third-order valence-corrected chi connectivity index (χ3v) is 5.05. The lowest BCUT2D eigenvalue weighted by molar-refractivity contribution is -0.137. The number of rotatable bonds is 4. The highest BCUT2D eigenvalue weighted by atomic mass is 35.5. The molecule has 138 valence electrons. The molecule has 1 fully saturated rings. The summed E-state index contributed by atoms with van der Waals surface area (Å²) in [5, 5.41) is 3.58. The topological polar surface area (TPSA) is 15.3 Å². The van der Waals surface area contributed by atoms with E-state index < -0.39 is 11.7 Å². The smallest absolute Gasteiger partial charge is 0.358 e. The molecule has 0 amide bonds. The van der Waals surface area contributed by atoms with E-state index in [0.29, 0.717) is 17.2 Å². The molecule has 0 bridgehead atoms. The van der Waals surface area contributed by atoms with Crippen LogP contribution in [0.4, 0.5) is 18.9 Å². The summed E-state index contributed by atoms with van der Waals surface area (Å²) in [4.78, 5) is 2.26. The van der Waals surface area contributed by atoms with Crippen LogP contribution in [0, 0.1) is 0 Å². The molecule has 0 aliphatic carbocycles. The normalized spacial score (nSPS) is 18.1. The minimum absolute atomic E-state index is 0.288. The maximum absolute atomic E-state index is 12.9. The average Bonchev–Trinajstić information content (AvgIpc) is 3.01. The molecule has 0 spiro atoms. The van der Waals surface area contributed by atoms with Crippen LogP contribution in [0.15, 0.2) is 54.7 Å². The first-order valence-electron chi connectivity index (χ1n) is 8.39. The van der Waals surface area contributed by atoms with Gasteiger partial charge in [-0.2, -0.15) is 13.2 Å². The Kier molecular flexibility index (Phi) is 5.30. The number of alkyl halides is 3. The summed E-state index contributed by atoms with van der Waals surface area (Å²) in [5.41, 5.74) is 2.06. The molecule has 2 aromatic rings. The second-order valence-electron chi connectivity index (χ2n) is 6.56. The third-order valence-electron chi connectivity index (χ3n) is 4.72. The average molecular weight is 381 g/mol. The van der Waals surface area contributed by atoms with Gasteiger partial charge in [-0.15, -0.1) is 0 Å². The molecule has 0 aromatic heterocycles. The number of nitrogens with one attached hydrogen (secondary N) is 1. The zero-order valence-electron chi connectivity index (χ0n) is 14.4. The first kappa shape index (κ1) is 18.8. The van der Waals surface area contributed by atoms with Crippen molar-refractivity contribution in [3.05, 3.63) is 65.3 Å². The first-order chi connectivity index (χ1) is 12.3. The summed E-state index contributed by atoms with van der Waals surface area (Å²) >= 11 is 6.10. The van der Waals surface area contributed by atoms with Crippen molar-refractivity contribution in [2.45, 2.75) is 25.1 Å². The maximum atomic E-state index is 12.9. The van der Waals surface area contributed by atoms with E-state index in [1.54, 1.807) is 12.1 Å². The van der Waals surface area contributed by atoms with E-state index in [9.17, 15) is 13.2 Å². The number of nitrogens with zero attached hydrogens (tertiary/aromatic N) is 1. The molecule has 2 nitrogen and oxygen atoms in total. The molecule has 0 radical (unpaired) electrons. The minimum Gasteiger partial charge on any atom is -0.358 e. The lowest BCUT2D eigenvalue weighted by Gasteiger charge is -2.23. The van der Waals surface area contributed by atoms with E-state index in [1.807, 2.05) is 12.1 Å². The molecule has 26 heavy (non-hydrogen) atoms. The number of benzene rings is 2. The Bertz CT molecular complexity index is 800. The van der Waals surface area contributed by atoms with Gasteiger partial charge in [0.1, 0.15) is 0 Å². The van der Waals surface area contributed by atoms with Crippen molar-refractivity contribution in [1.29, 1.82) is 0 Å². The molecule has 1 heterocycles. The van der Waals surface area contributed by atoms with Crippen molar-refractivity contribution in [2.24, 2.45) is 0 Å². The SMILES string of the molecule is C=C(Nc1ccc(-c2cc(C(F)(F)F)ccc2Cl)cc1)C1CCCN1C. The van der Waals surface area contributed by atoms with Gasteiger partial charge >= 0.3 is 6.18 Å². The zero-order valence-corrected chi connectivity index (χ0v) is 15.2. The van der Waals surface area contributed by atoms with Crippen molar-refractivity contribution >= 4 is 17.3 Å². The lowest BCUT2D eigenvalue weighted by Crippen LogP contribution is -2.29. The highest BCUT2D eigenvalue weighted by molar-refractivity contribution is 6.33. The molecule has 2 aromatic carbocycles. The Morgan fingerprint density at radius 3 is 2.46 bits per heavy atom. The molecule has 6 heteroatoms. The van der Waals surface area contributed by atoms with Crippen LogP contribution in [0.25, 0.3) is 11.1 Å². The fourth-order valence-electron chi connectivity index (χ4n) is 3.28. The van der Waals surface area contributed by atoms with E-state index in [0.717, 1.165) is 42.9 Å². The molecule has 1 saturated heterocycles. The summed E-state index contributed by atoms with van der Waals surface area (Å²) in [6, 6.07) is 10.8. The van der Waals surface area contributed by atoms with Gasteiger partial charge < -0.3 is 5.32 Å². The molecule has 1 aliphatic rings. The van der Waals surface area contributed by atoms with Crippen molar-refractivity contribution in [1.82, 2.24) is 4.90 Å². The highest BCUT2D eigenvalue weighted by Crippen LogP contribution is 2.36. The first-order valence-corrected chi connectivity index (χ1v) is 8.77. The number of hydrogen-bond acceptors (Lipinski definition) is 2. The molecule has 1 atom stereocenters. The van der Waals surface area contributed by atoms with Crippen molar-refractivity contribution in [2.75, 3.05) is 18.9 Å². The summed E-state index contributed by atoms with van der Waals surface area (Å²) in [7, 11) is 2.07. The Morgan fingerprint density at radius 2 is 1.88 bits per heavy atom. The van der Waals surface area contributed by atoms with E-state index in [-0.39, 0.29) is 5.02 Å². The summed E-state index contributed by atoms with van der Waals surface area (Å²) in [6.45, 7) is 5.17.